The van der Waals surface area contributed by atoms with Crippen LogP contribution in [0.15, 0.2) is 30.3 Å². The molecule has 116 valence electrons. The molecule has 4 aliphatic carbocycles. The molecule has 0 aliphatic heterocycles. The molecular formula is C18H21NO3. The van der Waals surface area contributed by atoms with Gasteiger partial charge in [0.05, 0.1) is 0 Å². The number of carbonyl (C=O) groups excluding carboxylic acids is 1. The molecule has 2 N–H and O–H groups in total. The van der Waals surface area contributed by atoms with Crippen molar-refractivity contribution in [2.75, 3.05) is 0 Å². The lowest BCUT2D eigenvalue weighted by atomic mass is 9.48. The third kappa shape index (κ3) is 1.89. The molecule has 0 aromatic heterocycles. The lowest BCUT2D eigenvalue weighted by Gasteiger charge is -2.59. The van der Waals surface area contributed by atoms with Crippen molar-refractivity contribution in [3.63, 3.8) is 0 Å². The van der Waals surface area contributed by atoms with Crippen LogP contribution in [0, 0.1) is 23.7 Å². The summed E-state index contributed by atoms with van der Waals surface area (Å²) in [5.41, 5.74) is -0.516. The third-order valence-corrected chi connectivity index (χ3v) is 6.14. The van der Waals surface area contributed by atoms with Gasteiger partial charge < -0.3 is 10.4 Å². The fraction of sp³-hybridized carbons (Fsp3) is 0.556. The molecule has 4 aliphatic rings. The lowest BCUT2D eigenvalue weighted by Crippen LogP contribution is -2.70. The SMILES string of the molecule is O=C(NC1(C(=O)O)C2CC3CC(C2)CC1C3)c1ccccc1. The van der Waals surface area contributed by atoms with Crippen LogP contribution in [-0.2, 0) is 4.79 Å². The fourth-order valence-corrected chi connectivity index (χ4v) is 5.38. The maximum absolute atomic E-state index is 12.6. The van der Waals surface area contributed by atoms with Crippen LogP contribution in [0.5, 0.6) is 0 Å². The van der Waals surface area contributed by atoms with Crippen LogP contribution in [0.3, 0.4) is 0 Å². The van der Waals surface area contributed by atoms with Gasteiger partial charge in [-0.15, -0.1) is 0 Å². The van der Waals surface area contributed by atoms with Crippen molar-refractivity contribution in [1.82, 2.24) is 5.32 Å². The molecule has 22 heavy (non-hydrogen) atoms. The van der Waals surface area contributed by atoms with Gasteiger partial charge in [-0.1, -0.05) is 18.2 Å². The van der Waals surface area contributed by atoms with Crippen molar-refractivity contribution >= 4 is 11.9 Å². The Morgan fingerprint density at radius 1 is 0.955 bits per heavy atom. The van der Waals surface area contributed by atoms with Crippen molar-refractivity contribution in [2.45, 2.75) is 37.6 Å². The van der Waals surface area contributed by atoms with E-state index in [4.69, 9.17) is 0 Å². The van der Waals surface area contributed by atoms with Gasteiger partial charge >= 0.3 is 5.97 Å². The highest BCUT2D eigenvalue weighted by Crippen LogP contribution is 2.58. The summed E-state index contributed by atoms with van der Waals surface area (Å²) >= 11 is 0. The average molecular weight is 299 g/mol. The van der Waals surface area contributed by atoms with Crippen LogP contribution in [0.4, 0.5) is 0 Å². The monoisotopic (exact) mass is 299 g/mol. The van der Waals surface area contributed by atoms with E-state index < -0.39 is 11.5 Å². The highest BCUT2D eigenvalue weighted by Gasteiger charge is 2.62. The van der Waals surface area contributed by atoms with Crippen LogP contribution in [-0.4, -0.2) is 22.5 Å². The minimum absolute atomic E-state index is 0.0916. The summed E-state index contributed by atoms with van der Waals surface area (Å²) in [4.78, 5) is 24.7. The van der Waals surface area contributed by atoms with Gasteiger partial charge in [-0.25, -0.2) is 4.79 Å². The minimum atomic E-state index is -1.06. The summed E-state index contributed by atoms with van der Waals surface area (Å²) in [6, 6.07) is 8.94. The van der Waals surface area contributed by atoms with E-state index in [-0.39, 0.29) is 17.7 Å². The number of carboxylic acids is 1. The van der Waals surface area contributed by atoms with Gasteiger partial charge in [0, 0.05) is 5.56 Å². The number of hydrogen-bond donors (Lipinski definition) is 2. The van der Waals surface area contributed by atoms with Gasteiger partial charge in [0.1, 0.15) is 5.54 Å². The summed E-state index contributed by atoms with van der Waals surface area (Å²) in [5.74, 6) is 0.427. The first-order chi connectivity index (χ1) is 10.6. The number of carbonyl (C=O) groups is 2. The topological polar surface area (TPSA) is 66.4 Å². The van der Waals surface area contributed by atoms with E-state index in [0.717, 1.165) is 25.7 Å². The van der Waals surface area contributed by atoms with Crippen LogP contribution >= 0.6 is 0 Å². The maximum atomic E-state index is 12.6. The van der Waals surface area contributed by atoms with Gasteiger partial charge in [-0.2, -0.15) is 0 Å². The van der Waals surface area contributed by atoms with Crippen LogP contribution < -0.4 is 5.32 Å². The Bertz CT molecular complexity index is 582. The predicted octanol–water partition coefficient (Wildman–Crippen LogP) is 2.70. The summed E-state index contributed by atoms with van der Waals surface area (Å²) in [7, 11) is 0. The van der Waals surface area contributed by atoms with Crippen molar-refractivity contribution in [1.29, 1.82) is 0 Å². The number of amides is 1. The van der Waals surface area contributed by atoms with Gasteiger partial charge in [0.25, 0.3) is 5.91 Å². The van der Waals surface area contributed by atoms with E-state index in [1.165, 1.54) is 6.42 Å². The number of nitrogens with one attached hydrogen (secondary N) is 1. The van der Waals surface area contributed by atoms with Crippen LogP contribution in [0.2, 0.25) is 0 Å². The fourth-order valence-electron chi connectivity index (χ4n) is 5.38. The van der Waals surface area contributed by atoms with Gasteiger partial charge in [0.15, 0.2) is 0 Å². The van der Waals surface area contributed by atoms with E-state index in [9.17, 15) is 14.7 Å². The normalized spacial score (nSPS) is 38.7. The first kappa shape index (κ1) is 13.8. The zero-order valence-electron chi connectivity index (χ0n) is 12.5. The molecule has 1 aromatic rings. The zero-order chi connectivity index (χ0) is 15.3. The Morgan fingerprint density at radius 2 is 1.50 bits per heavy atom. The molecule has 4 fully saturated rings. The van der Waals surface area contributed by atoms with E-state index in [1.54, 1.807) is 24.3 Å². The van der Waals surface area contributed by atoms with E-state index in [1.807, 2.05) is 6.07 Å². The molecule has 4 heteroatoms. The first-order valence-electron chi connectivity index (χ1n) is 8.20. The summed E-state index contributed by atoms with van der Waals surface area (Å²) in [5, 5.41) is 12.9. The summed E-state index contributed by atoms with van der Waals surface area (Å²) in [6.07, 6.45) is 5.07. The number of aliphatic carboxylic acids is 1. The number of benzene rings is 1. The van der Waals surface area contributed by atoms with E-state index in [2.05, 4.69) is 5.32 Å². The molecule has 4 nitrogen and oxygen atoms in total. The second-order valence-electron chi connectivity index (χ2n) is 7.30. The zero-order valence-corrected chi connectivity index (χ0v) is 12.5. The molecule has 4 bridgehead atoms. The van der Waals surface area contributed by atoms with Crippen molar-refractivity contribution in [3.05, 3.63) is 35.9 Å². The van der Waals surface area contributed by atoms with Crippen molar-refractivity contribution in [2.24, 2.45) is 23.7 Å². The minimum Gasteiger partial charge on any atom is -0.479 e. The highest BCUT2D eigenvalue weighted by molar-refractivity contribution is 5.98. The highest BCUT2D eigenvalue weighted by atomic mass is 16.4. The molecule has 4 saturated carbocycles. The molecule has 1 amide bonds. The van der Waals surface area contributed by atoms with Gasteiger partial charge in [-0.3, -0.25) is 4.79 Å². The molecule has 0 heterocycles. The molecule has 5 rings (SSSR count). The lowest BCUT2D eigenvalue weighted by molar-refractivity contribution is -0.163. The van der Waals surface area contributed by atoms with Crippen LogP contribution in [0.1, 0.15) is 42.5 Å². The Balaban J connectivity index is 1.67. The van der Waals surface area contributed by atoms with Crippen molar-refractivity contribution < 1.29 is 14.7 Å². The summed E-state index contributed by atoms with van der Waals surface area (Å²) in [6.45, 7) is 0. The number of hydrogen-bond acceptors (Lipinski definition) is 2. The standard InChI is InChI=1S/C18H21NO3/c20-16(13-4-2-1-3-5-13)19-18(17(21)22)14-7-11-6-12(9-14)10-15(18)8-11/h1-5,11-12,14-15H,6-10H2,(H,19,20)(H,21,22). The Morgan fingerprint density at radius 3 is 2.00 bits per heavy atom. The Kier molecular flexibility index (Phi) is 3.03. The second-order valence-corrected chi connectivity index (χ2v) is 7.30. The Labute approximate surface area is 129 Å². The Hall–Kier alpha value is -1.84. The molecule has 1 aromatic carbocycles. The number of rotatable bonds is 3. The second kappa shape index (κ2) is 4.83. The molecule has 0 radical (unpaired) electrons. The van der Waals surface area contributed by atoms with E-state index >= 15 is 0 Å². The third-order valence-electron chi connectivity index (χ3n) is 6.14. The molecule has 0 spiro atoms. The quantitative estimate of drug-likeness (QED) is 0.902. The molecule has 0 saturated heterocycles. The largest absolute Gasteiger partial charge is 0.479 e. The average Bonchev–Trinajstić information content (AvgIpc) is 2.50. The predicted molar refractivity (Wildman–Crippen MR) is 81.3 cm³/mol. The first-order valence-corrected chi connectivity index (χ1v) is 8.20. The maximum Gasteiger partial charge on any atom is 0.330 e. The van der Waals surface area contributed by atoms with Crippen LogP contribution in [0.25, 0.3) is 0 Å². The molecule has 0 unspecified atom stereocenters. The smallest absolute Gasteiger partial charge is 0.330 e. The van der Waals surface area contributed by atoms with Gasteiger partial charge in [0.2, 0.25) is 0 Å². The van der Waals surface area contributed by atoms with Gasteiger partial charge in [-0.05, 0) is 67.9 Å². The van der Waals surface area contributed by atoms with E-state index in [0.29, 0.717) is 17.4 Å². The number of carboxylic acid groups (broad SMARTS) is 1. The molecule has 0 atom stereocenters. The molecular weight excluding hydrogens is 278 g/mol. The summed E-state index contributed by atoms with van der Waals surface area (Å²) < 4.78 is 0. The van der Waals surface area contributed by atoms with Crippen molar-refractivity contribution in [3.8, 4) is 0 Å².